The molecule has 0 spiro atoms. The number of hydrogen-bond donors (Lipinski definition) is 0. The van der Waals surface area contributed by atoms with Gasteiger partial charge in [0, 0.05) is 19.4 Å². The van der Waals surface area contributed by atoms with Gasteiger partial charge in [0.15, 0.2) is 0 Å². The minimum absolute atomic E-state index is 0.0603. The third-order valence-corrected chi connectivity index (χ3v) is 3.32. The van der Waals surface area contributed by atoms with Crippen molar-refractivity contribution in [3.05, 3.63) is 47.1 Å². The first-order valence-corrected chi connectivity index (χ1v) is 6.12. The summed E-state index contributed by atoms with van der Waals surface area (Å²) in [6.07, 6.45) is 3.48. The van der Waals surface area contributed by atoms with Crippen molar-refractivity contribution in [1.29, 1.82) is 0 Å². The zero-order valence-corrected chi connectivity index (χ0v) is 11.5. The Morgan fingerprint density at radius 3 is 2.68 bits per heavy atom. The van der Waals surface area contributed by atoms with Crippen LogP contribution in [0.25, 0.3) is 0 Å². The molecular weight excluding hydrogens is 242 g/mol. The molecule has 1 unspecified atom stereocenters. The maximum atomic E-state index is 12.5. The van der Waals surface area contributed by atoms with Crippen molar-refractivity contribution in [3.8, 4) is 0 Å². The van der Waals surface area contributed by atoms with Crippen molar-refractivity contribution in [2.45, 2.75) is 26.8 Å². The predicted molar refractivity (Wildman–Crippen MR) is 70.7 cm³/mol. The van der Waals surface area contributed by atoms with E-state index < -0.39 is 0 Å². The van der Waals surface area contributed by atoms with Gasteiger partial charge in [-0.15, -0.1) is 0 Å². The van der Waals surface area contributed by atoms with Gasteiger partial charge in [-0.2, -0.15) is 0 Å². The molecule has 2 aromatic heterocycles. The van der Waals surface area contributed by atoms with Crippen molar-refractivity contribution in [1.82, 2.24) is 15.0 Å². The summed E-state index contributed by atoms with van der Waals surface area (Å²) >= 11 is 0. The van der Waals surface area contributed by atoms with Gasteiger partial charge >= 0.3 is 0 Å². The molecule has 2 heterocycles. The van der Waals surface area contributed by atoms with Gasteiger partial charge in [0.2, 0.25) is 0 Å². The first-order valence-electron chi connectivity index (χ1n) is 6.12. The van der Waals surface area contributed by atoms with Crippen LogP contribution in [0.1, 0.15) is 40.3 Å². The van der Waals surface area contributed by atoms with E-state index in [-0.39, 0.29) is 11.9 Å². The molecule has 2 aromatic rings. The molecule has 0 saturated carbocycles. The molecule has 0 saturated heterocycles. The van der Waals surface area contributed by atoms with Crippen LogP contribution in [0.2, 0.25) is 0 Å². The Kier molecular flexibility index (Phi) is 3.64. The highest BCUT2D eigenvalue weighted by Gasteiger charge is 2.24. The van der Waals surface area contributed by atoms with Crippen LogP contribution >= 0.6 is 0 Å². The molecule has 1 atom stereocenters. The number of aryl methyl sites for hydroxylation is 2. The molecule has 0 fully saturated rings. The molecule has 19 heavy (non-hydrogen) atoms. The Morgan fingerprint density at radius 2 is 2.16 bits per heavy atom. The molecule has 0 N–H and O–H groups in total. The second-order valence-corrected chi connectivity index (χ2v) is 4.58. The molecule has 5 heteroatoms. The molecule has 0 aliphatic carbocycles. The van der Waals surface area contributed by atoms with Gasteiger partial charge < -0.3 is 9.42 Å². The molecule has 0 bridgehead atoms. The number of carbonyl (C=O) groups excluding carboxylic acids is 1. The number of nitrogens with zero attached hydrogens (tertiary/aromatic N) is 3. The summed E-state index contributed by atoms with van der Waals surface area (Å²) < 4.78 is 5.04. The minimum Gasteiger partial charge on any atom is -0.361 e. The molecule has 0 aromatic carbocycles. The van der Waals surface area contributed by atoms with Gasteiger partial charge in [-0.05, 0) is 32.4 Å². The lowest BCUT2D eigenvalue weighted by atomic mass is 10.1. The fourth-order valence-corrected chi connectivity index (χ4v) is 1.99. The van der Waals surface area contributed by atoms with Crippen molar-refractivity contribution >= 4 is 5.91 Å². The Labute approximate surface area is 112 Å². The topological polar surface area (TPSA) is 59.2 Å². The molecule has 100 valence electrons. The van der Waals surface area contributed by atoms with Crippen LogP contribution in [0.4, 0.5) is 0 Å². The average Bonchev–Trinajstić information content (AvgIpc) is 2.77. The SMILES string of the molecule is Cc1noc(C)c1C(=O)N(C)C(C)c1cccnc1. The summed E-state index contributed by atoms with van der Waals surface area (Å²) in [5.74, 6) is 0.459. The highest BCUT2D eigenvalue weighted by molar-refractivity contribution is 5.96. The second-order valence-electron chi connectivity index (χ2n) is 4.58. The van der Waals surface area contributed by atoms with E-state index in [0.29, 0.717) is 17.0 Å². The lowest BCUT2D eigenvalue weighted by Crippen LogP contribution is -2.30. The maximum absolute atomic E-state index is 12.5. The number of amides is 1. The Hall–Kier alpha value is -2.17. The molecular formula is C14H17N3O2. The van der Waals surface area contributed by atoms with Crippen LogP contribution in [0, 0.1) is 13.8 Å². The van der Waals surface area contributed by atoms with Gasteiger partial charge in [0.05, 0.1) is 11.7 Å². The van der Waals surface area contributed by atoms with E-state index in [1.807, 2.05) is 19.1 Å². The molecule has 0 aliphatic rings. The Bertz CT molecular complexity index is 558. The van der Waals surface area contributed by atoms with Crippen molar-refractivity contribution in [2.75, 3.05) is 7.05 Å². The molecule has 0 aliphatic heterocycles. The van der Waals surface area contributed by atoms with Crippen LogP contribution < -0.4 is 0 Å². The van der Waals surface area contributed by atoms with Crippen LogP contribution in [0.5, 0.6) is 0 Å². The summed E-state index contributed by atoms with van der Waals surface area (Å²) in [5.41, 5.74) is 2.15. The van der Waals surface area contributed by atoms with Crippen LogP contribution in [0.15, 0.2) is 29.0 Å². The van der Waals surface area contributed by atoms with Gasteiger partial charge in [-0.25, -0.2) is 0 Å². The number of hydrogen-bond acceptors (Lipinski definition) is 4. The van der Waals surface area contributed by atoms with Crippen LogP contribution in [-0.4, -0.2) is 28.0 Å². The smallest absolute Gasteiger partial charge is 0.259 e. The summed E-state index contributed by atoms with van der Waals surface area (Å²) in [7, 11) is 1.77. The Balaban J connectivity index is 2.25. The van der Waals surface area contributed by atoms with Gasteiger partial charge in [0.25, 0.3) is 5.91 Å². The summed E-state index contributed by atoms with van der Waals surface area (Å²) in [4.78, 5) is 18.2. The van der Waals surface area contributed by atoms with Crippen LogP contribution in [0.3, 0.4) is 0 Å². The van der Waals surface area contributed by atoms with Crippen LogP contribution in [-0.2, 0) is 0 Å². The molecule has 1 amide bonds. The fourth-order valence-electron chi connectivity index (χ4n) is 1.99. The standard InChI is InChI=1S/C14H17N3O2/c1-9-13(11(3)19-16-9)14(18)17(4)10(2)12-6-5-7-15-8-12/h5-8,10H,1-4H3. The molecule has 0 radical (unpaired) electrons. The predicted octanol–water partition coefficient (Wildman–Crippen LogP) is 2.52. The largest absolute Gasteiger partial charge is 0.361 e. The van der Waals surface area contributed by atoms with E-state index in [4.69, 9.17) is 4.52 Å². The van der Waals surface area contributed by atoms with Crippen molar-refractivity contribution in [3.63, 3.8) is 0 Å². The number of aromatic nitrogens is 2. The van der Waals surface area contributed by atoms with Gasteiger partial charge in [0.1, 0.15) is 11.3 Å². The lowest BCUT2D eigenvalue weighted by Gasteiger charge is -2.25. The fraction of sp³-hybridized carbons (Fsp3) is 0.357. The van der Waals surface area contributed by atoms with E-state index in [9.17, 15) is 4.79 Å². The van der Waals surface area contributed by atoms with Gasteiger partial charge in [-0.1, -0.05) is 11.2 Å². The van der Waals surface area contributed by atoms with Gasteiger partial charge in [-0.3, -0.25) is 9.78 Å². The molecule has 2 rings (SSSR count). The lowest BCUT2D eigenvalue weighted by molar-refractivity contribution is 0.0740. The van der Waals surface area contributed by atoms with Crippen molar-refractivity contribution < 1.29 is 9.32 Å². The summed E-state index contributed by atoms with van der Waals surface area (Å²) in [6.45, 7) is 5.48. The van der Waals surface area contributed by atoms with E-state index in [0.717, 1.165) is 5.56 Å². The number of pyridine rings is 1. The maximum Gasteiger partial charge on any atom is 0.259 e. The molecule has 5 nitrogen and oxygen atoms in total. The zero-order chi connectivity index (χ0) is 14.0. The van der Waals surface area contributed by atoms with Crippen molar-refractivity contribution in [2.24, 2.45) is 0 Å². The first-order chi connectivity index (χ1) is 9.02. The minimum atomic E-state index is -0.0902. The highest BCUT2D eigenvalue weighted by Crippen LogP contribution is 2.22. The van der Waals surface area contributed by atoms with E-state index in [2.05, 4.69) is 10.1 Å². The second kappa shape index (κ2) is 5.22. The summed E-state index contributed by atoms with van der Waals surface area (Å²) in [6, 6.07) is 3.75. The summed E-state index contributed by atoms with van der Waals surface area (Å²) in [5, 5.41) is 3.82. The first kappa shape index (κ1) is 13.3. The monoisotopic (exact) mass is 259 g/mol. The highest BCUT2D eigenvalue weighted by atomic mass is 16.5. The average molecular weight is 259 g/mol. The normalized spacial score (nSPS) is 12.2. The third kappa shape index (κ3) is 2.50. The Morgan fingerprint density at radius 1 is 1.42 bits per heavy atom. The van der Waals surface area contributed by atoms with E-state index in [1.165, 1.54) is 0 Å². The zero-order valence-electron chi connectivity index (χ0n) is 11.5. The quantitative estimate of drug-likeness (QED) is 0.849. The third-order valence-electron chi connectivity index (χ3n) is 3.32. The van der Waals surface area contributed by atoms with E-state index in [1.54, 1.807) is 38.2 Å². The number of rotatable bonds is 3. The van der Waals surface area contributed by atoms with E-state index >= 15 is 0 Å². The number of carbonyl (C=O) groups is 1.